The molecule has 0 saturated carbocycles. The number of allylic oxidation sites excluding steroid dienone is 2. The standard InChI is InChI=1S/C62H119NO8/c1-6-8-10-12-14-16-18-20-21-22-23-24-25-26-27-28-29-30-31-32-33-34-35-36-37-38-39-41-42-44-46-48-50-52-59(64)69-56-58(57-70-62(61(66)67)68-55-54-63(3,4)5)71-60(65)53-51-49-47-45-43-40-19-17-15-13-11-9-7-2/h17,19,58,62H,6-16,18,20-57H2,1-5H3/p+1/b19-17-. The van der Waals surface area contributed by atoms with Gasteiger partial charge in [0.15, 0.2) is 6.10 Å². The molecule has 0 heterocycles. The fourth-order valence-electron chi connectivity index (χ4n) is 9.25. The van der Waals surface area contributed by atoms with Crippen molar-refractivity contribution in [1.82, 2.24) is 0 Å². The maximum Gasteiger partial charge on any atom is 0.361 e. The van der Waals surface area contributed by atoms with Crippen LogP contribution in [0.5, 0.6) is 0 Å². The van der Waals surface area contributed by atoms with Gasteiger partial charge in [-0.3, -0.25) is 9.59 Å². The maximum absolute atomic E-state index is 12.8. The topological polar surface area (TPSA) is 108 Å². The van der Waals surface area contributed by atoms with Crippen LogP contribution in [0.2, 0.25) is 0 Å². The molecule has 2 unspecified atom stereocenters. The van der Waals surface area contributed by atoms with E-state index in [1.807, 2.05) is 21.1 Å². The van der Waals surface area contributed by atoms with Crippen LogP contribution in [0.1, 0.15) is 309 Å². The van der Waals surface area contributed by atoms with Crippen molar-refractivity contribution in [3.05, 3.63) is 12.2 Å². The molecule has 0 aromatic rings. The monoisotopic (exact) mass is 1010 g/mol. The third kappa shape index (κ3) is 55.6. The van der Waals surface area contributed by atoms with Gasteiger partial charge in [-0.15, -0.1) is 0 Å². The van der Waals surface area contributed by atoms with Gasteiger partial charge in [-0.05, 0) is 38.5 Å². The molecular formula is C62H120NO8+. The lowest BCUT2D eigenvalue weighted by atomic mass is 10.0. The third-order valence-electron chi connectivity index (χ3n) is 14.0. The van der Waals surface area contributed by atoms with E-state index >= 15 is 0 Å². The van der Waals surface area contributed by atoms with Crippen LogP contribution < -0.4 is 0 Å². The molecule has 71 heavy (non-hydrogen) atoms. The van der Waals surface area contributed by atoms with Gasteiger partial charge < -0.3 is 28.5 Å². The van der Waals surface area contributed by atoms with Crippen LogP contribution in [-0.4, -0.2) is 87.4 Å². The molecule has 9 heteroatoms. The van der Waals surface area contributed by atoms with Crippen LogP contribution in [-0.2, 0) is 33.3 Å². The highest BCUT2D eigenvalue weighted by Crippen LogP contribution is 2.18. The Hall–Kier alpha value is -1.97. The normalized spacial score (nSPS) is 12.7. The summed E-state index contributed by atoms with van der Waals surface area (Å²) in [4.78, 5) is 37.3. The number of nitrogens with zero attached hydrogens (tertiary/aromatic N) is 1. The van der Waals surface area contributed by atoms with E-state index in [1.165, 1.54) is 225 Å². The molecule has 0 saturated heterocycles. The smallest absolute Gasteiger partial charge is 0.361 e. The Balaban J connectivity index is 3.97. The molecule has 1 N–H and O–H groups in total. The first-order valence-electron chi connectivity index (χ1n) is 30.9. The van der Waals surface area contributed by atoms with Gasteiger partial charge in [-0.2, -0.15) is 0 Å². The number of unbranched alkanes of at least 4 members (excludes halogenated alkanes) is 41. The summed E-state index contributed by atoms with van der Waals surface area (Å²) in [6.45, 7) is 4.90. The number of carbonyl (C=O) groups is 3. The van der Waals surface area contributed by atoms with Crippen LogP contribution in [0.25, 0.3) is 0 Å². The fourth-order valence-corrected chi connectivity index (χ4v) is 9.25. The number of hydrogen-bond donors (Lipinski definition) is 1. The zero-order chi connectivity index (χ0) is 52.0. The molecule has 0 spiro atoms. The highest BCUT2D eigenvalue weighted by molar-refractivity contribution is 5.71. The summed E-state index contributed by atoms with van der Waals surface area (Å²) in [6.07, 6.45) is 60.4. The molecule has 2 atom stereocenters. The van der Waals surface area contributed by atoms with Crippen molar-refractivity contribution in [3.8, 4) is 0 Å². The number of ether oxygens (including phenoxy) is 4. The second kappa shape index (κ2) is 54.3. The summed E-state index contributed by atoms with van der Waals surface area (Å²) in [5.74, 6) is -2.00. The Kier molecular flexibility index (Phi) is 52.8. The lowest BCUT2D eigenvalue weighted by molar-refractivity contribution is -0.870. The molecule has 0 radical (unpaired) electrons. The summed E-state index contributed by atoms with van der Waals surface area (Å²) in [6, 6.07) is 0. The highest BCUT2D eigenvalue weighted by Gasteiger charge is 2.25. The minimum absolute atomic E-state index is 0.179. The molecule has 0 amide bonds. The van der Waals surface area contributed by atoms with Crippen molar-refractivity contribution in [2.75, 3.05) is 47.5 Å². The quantitative estimate of drug-likeness (QED) is 0.0211. The minimum Gasteiger partial charge on any atom is -0.477 e. The lowest BCUT2D eigenvalue weighted by Gasteiger charge is -2.25. The Bertz CT molecular complexity index is 1170. The SMILES string of the molecule is CCCCCC/C=C\CCCCCCCC(=O)OC(COC(=O)CCCCCCCCCCCCCCCCCCCCCCCCCCCCCCCCCCC)COC(OCC[N+](C)(C)C)C(=O)O. The van der Waals surface area contributed by atoms with Gasteiger partial charge in [0.05, 0.1) is 34.4 Å². The molecule has 0 aromatic carbocycles. The van der Waals surface area contributed by atoms with Crippen LogP contribution in [0, 0.1) is 0 Å². The summed E-state index contributed by atoms with van der Waals surface area (Å²) in [5.41, 5.74) is 0. The van der Waals surface area contributed by atoms with Crippen LogP contribution in [0.15, 0.2) is 12.2 Å². The molecule has 0 fully saturated rings. The van der Waals surface area contributed by atoms with Crippen LogP contribution >= 0.6 is 0 Å². The van der Waals surface area contributed by atoms with Gasteiger partial charge in [0.2, 0.25) is 0 Å². The number of esters is 2. The molecule has 0 rings (SSSR count). The van der Waals surface area contributed by atoms with E-state index in [0.29, 0.717) is 23.9 Å². The third-order valence-corrected chi connectivity index (χ3v) is 14.0. The van der Waals surface area contributed by atoms with E-state index < -0.39 is 24.3 Å². The molecule has 420 valence electrons. The predicted molar refractivity (Wildman–Crippen MR) is 300 cm³/mol. The van der Waals surface area contributed by atoms with E-state index in [2.05, 4.69) is 26.0 Å². The molecule has 0 aliphatic carbocycles. The van der Waals surface area contributed by atoms with Gasteiger partial charge >= 0.3 is 17.9 Å². The van der Waals surface area contributed by atoms with Crippen molar-refractivity contribution in [2.45, 2.75) is 322 Å². The summed E-state index contributed by atoms with van der Waals surface area (Å²) >= 11 is 0. The van der Waals surface area contributed by atoms with Gasteiger partial charge in [0.1, 0.15) is 13.2 Å². The van der Waals surface area contributed by atoms with Crippen molar-refractivity contribution in [3.63, 3.8) is 0 Å². The second-order valence-corrected chi connectivity index (χ2v) is 22.4. The number of carboxylic acids is 1. The van der Waals surface area contributed by atoms with Gasteiger partial charge in [-0.25, -0.2) is 4.79 Å². The number of carboxylic acid groups (broad SMARTS) is 1. The number of carbonyl (C=O) groups excluding carboxylic acids is 2. The van der Waals surface area contributed by atoms with Crippen molar-refractivity contribution in [1.29, 1.82) is 0 Å². The summed E-state index contributed by atoms with van der Waals surface area (Å²) < 4.78 is 22.9. The first-order valence-corrected chi connectivity index (χ1v) is 30.9. The predicted octanol–water partition coefficient (Wildman–Crippen LogP) is 18.1. The van der Waals surface area contributed by atoms with Crippen LogP contribution in [0.3, 0.4) is 0 Å². The second-order valence-electron chi connectivity index (χ2n) is 22.4. The number of quaternary nitrogens is 1. The molecule has 0 aliphatic rings. The average molecular weight is 1010 g/mol. The van der Waals surface area contributed by atoms with Crippen LogP contribution in [0.4, 0.5) is 0 Å². The van der Waals surface area contributed by atoms with Crippen molar-refractivity contribution in [2.24, 2.45) is 0 Å². The van der Waals surface area contributed by atoms with E-state index in [0.717, 1.165) is 51.4 Å². The molecule has 0 aromatic heterocycles. The van der Waals surface area contributed by atoms with E-state index in [1.54, 1.807) is 0 Å². The van der Waals surface area contributed by atoms with E-state index in [9.17, 15) is 19.5 Å². The number of aliphatic carboxylic acids is 1. The van der Waals surface area contributed by atoms with Crippen molar-refractivity contribution >= 4 is 17.9 Å². The molecule has 9 nitrogen and oxygen atoms in total. The molecular weight excluding hydrogens is 887 g/mol. The lowest BCUT2D eigenvalue weighted by Crippen LogP contribution is -2.40. The van der Waals surface area contributed by atoms with Gasteiger partial charge in [-0.1, -0.05) is 270 Å². The summed E-state index contributed by atoms with van der Waals surface area (Å²) in [7, 11) is 5.97. The largest absolute Gasteiger partial charge is 0.477 e. The maximum atomic E-state index is 12.8. The Morgan fingerprint density at radius 1 is 0.408 bits per heavy atom. The summed E-state index contributed by atoms with van der Waals surface area (Å²) in [5, 5.41) is 9.68. The zero-order valence-electron chi connectivity index (χ0n) is 47.9. The van der Waals surface area contributed by atoms with Gasteiger partial charge in [0, 0.05) is 12.8 Å². The number of likely N-dealkylation sites (N-methyl/N-ethyl adjacent to an activating group) is 1. The molecule has 0 aliphatic heterocycles. The zero-order valence-corrected chi connectivity index (χ0v) is 47.9. The average Bonchev–Trinajstić information content (AvgIpc) is 3.34. The fraction of sp³-hybridized carbons (Fsp3) is 0.919. The van der Waals surface area contributed by atoms with Gasteiger partial charge in [0.25, 0.3) is 6.29 Å². The first kappa shape index (κ1) is 69.0. The number of hydrogen-bond acceptors (Lipinski definition) is 7. The van der Waals surface area contributed by atoms with E-state index in [4.69, 9.17) is 18.9 Å². The first-order chi connectivity index (χ1) is 34.6. The molecule has 0 bridgehead atoms. The minimum atomic E-state index is -1.51. The highest BCUT2D eigenvalue weighted by atomic mass is 16.7. The Morgan fingerprint density at radius 3 is 1.06 bits per heavy atom. The Labute approximate surface area is 440 Å². The van der Waals surface area contributed by atoms with E-state index in [-0.39, 0.29) is 32.2 Å². The number of rotatable bonds is 58. The van der Waals surface area contributed by atoms with Crippen molar-refractivity contribution < 1.29 is 42.9 Å². The Morgan fingerprint density at radius 2 is 0.718 bits per heavy atom.